The first-order chi connectivity index (χ1) is 17.0. The Kier molecular flexibility index (Phi) is 6.89. The van der Waals surface area contributed by atoms with Crippen LogP contribution in [-0.2, 0) is 14.3 Å². The van der Waals surface area contributed by atoms with Crippen molar-refractivity contribution in [3.05, 3.63) is 118 Å². The molecule has 0 bridgehead atoms. The number of rotatable bonds is 8. The van der Waals surface area contributed by atoms with Crippen LogP contribution in [0.3, 0.4) is 0 Å². The summed E-state index contributed by atoms with van der Waals surface area (Å²) in [5, 5.41) is 2.55. The Labute approximate surface area is 214 Å². The largest absolute Gasteiger partial charge is 0.410 e. The molecule has 0 aromatic heterocycles. The zero-order chi connectivity index (χ0) is 24.4. The van der Waals surface area contributed by atoms with Crippen LogP contribution in [0.25, 0.3) is 11.1 Å². The highest BCUT2D eigenvalue weighted by Gasteiger charge is 2.43. The lowest BCUT2D eigenvalue weighted by molar-refractivity contribution is 0.184. The van der Waals surface area contributed by atoms with Crippen LogP contribution in [0.1, 0.15) is 33.4 Å². The molecule has 35 heavy (non-hydrogen) atoms. The van der Waals surface area contributed by atoms with Crippen LogP contribution in [-0.4, -0.2) is 32.7 Å². The first-order valence-electron chi connectivity index (χ1n) is 12.1. The van der Waals surface area contributed by atoms with Gasteiger partial charge in [0.05, 0.1) is 18.6 Å². The van der Waals surface area contributed by atoms with E-state index >= 15 is 0 Å². The SMILES string of the molecule is Cc1cccc([Si]OCC2(CO[Si]c3cccc(C)c3C)c3ccccc3-c3ccccc32)c1C. The van der Waals surface area contributed by atoms with Crippen molar-refractivity contribution in [2.45, 2.75) is 33.1 Å². The molecule has 0 amide bonds. The highest BCUT2D eigenvalue weighted by Crippen LogP contribution is 2.49. The predicted octanol–water partition coefficient (Wildman–Crippen LogP) is 5.11. The van der Waals surface area contributed by atoms with Crippen molar-refractivity contribution in [3.8, 4) is 11.1 Å². The lowest BCUT2D eigenvalue weighted by atomic mass is 9.80. The summed E-state index contributed by atoms with van der Waals surface area (Å²) in [6.45, 7) is 9.87. The molecule has 4 heteroatoms. The smallest absolute Gasteiger partial charge is 0.269 e. The average molecular weight is 491 g/mol. The molecule has 4 aromatic rings. The zero-order valence-electron chi connectivity index (χ0n) is 20.8. The summed E-state index contributed by atoms with van der Waals surface area (Å²) < 4.78 is 13.1. The van der Waals surface area contributed by atoms with Gasteiger partial charge >= 0.3 is 0 Å². The minimum absolute atomic E-state index is 0.303. The van der Waals surface area contributed by atoms with Crippen molar-refractivity contribution in [1.82, 2.24) is 0 Å². The molecular weight excluding hydrogens is 461 g/mol. The normalized spacial score (nSPS) is 13.5. The second kappa shape index (κ2) is 10.1. The van der Waals surface area contributed by atoms with Gasteiger partial charge in [-0.2, -0.15) is 0 Å². The lowest BCUT2D eigenvalue weighted by Gasteiger charge is -2.32. The van der Waals surface area contributed by atoms with Crippen LogP contribution in [0.5, 0.6) is 0 Å². The van der Waals surface area contributed by atoms with Gasteiger partial charge in [0.15, 0.2) is 0 Å². The van der Waals surface area contributed by atoms with Crippen LogP contribution in [0.2, 0.25) is 0 Å². The third-order valence-electron chi connectivity index (χ3n) is 7.39. The van der Waals surface area contributed by atoms with E-state index < -0.39 is 0 Å². The van der Waals surface area contributed by atoms with Crippen LogP contribution >= 0.6 is 0 Å². The Morgan fingerprint density at radius 1 is 0.543 bits per heavy atom. The van der Waals surface area contributed by atoms with Gasteiger partial charge in [-0.1, -0.05) is 84.9 Å². The van der Waals surface area contributed by atoms with E-state index in [0.717, 1.165) is 0 Å². The molecule has 0 saturated heterocycles. The van der Waals surface area contributed by atoms with Crippen LogP contribution in [0.4, 0.5) is 0 Å². The molecule has 0 heterocycles. The van der Waals surface area contributed by atoms with Gasteiger partial charge in [0, 0.05) is 0 Å². The first-order valence-corrected chi connectivity index (χ1v) is 13.9. The number of fused-ring (bicyclic) bond motifs is 3. The Bertz CT molecular complexity index is 1260. The summed E-state index contributed by atoms with van der Waals surface area (Å²) >= 11 is 0. The number of hydrogen-bond acceptors (Lipinski definition) is 2. The second-order valence-corrected chi connectivity index (χ2v) is 11.5. The molecule has 0 saturated carbocycles. The fraction of sp³-hybridized carbons (Fsp3) is 0.226. The Hall–Kier alpha value is -2.77. The highest BCUT2D eigenvalue weighted by atomic mass is 28.2. The van der Waals surface area contributed by atoms with Crippen LogP contribution < -0.4 is 10.4 Å². The van der Waals surface area contributed by atoms with E-state index in [1.54, 1.807) is 0 Å². The molecule has 5 rings (SSSR count). The Balaban J connectivity index is 1.46. The van der Waals surface area contributed by atoms with Crippen molar-refractivity contribution in [3.63, 3.8) is 0 Å². The molecule has 0 atom stereocenters. The average Bonchev–Trinajstić information content (AvgIpc) is 3.15. The molecule has 1 aliphatic carbocycles. The molecule has 174 valence electrons. The monoisotopic (exact) mass is 490 g/mol. The fourth-order valence-electron chi connectivity index (χ4n) is 4.97. The summed E-state index contributed by atoms with van der Waals surface area (Å²) in [6, 6.07) is 30.4. The van der Waals surface area contributed by atoms with Gasteiger partial charge in [-0.3, -0.25) is 0 Å². The van der Waals surface area contributed by atoms with Crippen molar-refractivity contribution < 1.29 is 8.85 Å². The minimum Gasteiger partial charge on any atom is -0.410 e. The summed E-state index contributed by atoms with van der Waals surface area (Å²) in [5.41, 5.74) is 10.1. The molecule has 0 fully saturated rings. The third kappa shape index (κ3) is 4.47. The Morgan fingerprint density at radius 3 is 1.43 bits per heavy atom. The molecule has 0 aliphatic heterocycles. The van der Waals surface area contributed by atoms with Gasteiger partial charge < -0.3 is 8.85 Å². The maximum Gasteiger partial charge on any atom is 0.269 e. The highest BCUT2D eigenvalue weighted by molar-refractivity contribution is 6.48. The number of aryl methyl sites for hydroxylation is 2. The third-order valence-corrected chi connectivity index (χ3v) is 9.49. The lowest BCUT2D eigenvalue weighted by Crippen LogP contribution is -2.40. The standard InChI is InChI=1S/C31H30O2Si2/c1-21-11-9-17-29(23(21)3)34-32-19-31(20-33-35-30-18-10-12-22(2)24(30)4)27-15-7-5-13-25(27)26-14-6-8-16-28(26)31/h5-18H,19-20H2,1-4H3. The molecule has 1 aliphatic rings. The number of benzene rings is 4. The summed E-state index contributed by atoms with van der Waals surface area (Å²) in [5.74, 6) is 0. The molecular formula is C31H30O2Si2. The van der Waals surface area contributed by atoms with E-state index in [1.165, 1.54) is 54.9 Å². The van der Waals surface area contributed by atoms with Gasteiger partial charge in [0.1, 0.15) is 0 Å². The summed E-state index contributed by atoms with van der Waals surface area (Å²) in [6.07, 6.45) is 0. The van der Waals surface area contributed by atoms with Crippen molar-refractivity contribution in [2.75, 3.05) is 13.2 Å². The van der Waals surface area contributed by atoms with Crippen molar-refractivity contribution in [2.24, 2.45) is 0 Å². The molecule has 2 nitrogen and oxygen atoms in total. The number of hydrogen-bond donors (Lipinski definition) is 0. The molecule has 0 N–H and O–H groups in total. The van der Waals surface area contributed by atoms with Gasteiger partial charge in [-0.15, -0.1) is 0 Å². The van der Waals surface area contributed by atoms with E-state index in [0.29, 0.717) is 32.7 Å². The quantitative estimate of drug-likeness (QED) is 0.320. The van der Waals surface area contributed by atoms with Crippen molar-refractivity contribution in [1.29, 1.82) is 0 Å². The van der Waals surface area contributed by atoms with Gasteiger partial charge in [0.2, 0.25) is 0 Å². The molecule has 4 aromatic carbocycles. The van der Waals surface area contributed by atoms with Crippen molar-refractivity contribution >= 4 is 29.9 Å². The fourth-order valence-corrected chi connectivity index (χ4v) is 6.94. The van der Waals surface area contributed by atoms with Gasteiger partial charge in [-0.05, 0) is 82.6 Å². The minimum atomic E-state index is -0.331. The molecule has 4 radical (unpaired) electrons. The van der Waals surface area contributed by atoms with Gasteiger partial charge in [-0.25, -0.2) is 0 Å². The van der Waals surface area contributed by atoms with Gasteiger partial charge in [0.25, 0.3) is 19.5 Å². The zero-order valence-corrected chi connectivity index (χ0v) is 22.8. The molecule has 0 unspecified atom stereocenters. The van der Waals surface area contributed by atoms with Crippen LogP contribution in [0.15, 0.2) is 84.9 Å². The molecule has 0 spiro atoms. The summed E-state index contributed by atoms with van der Waals surface area (Å²) in [7, 11) is 0.605. The van der Waals surface area contributed by atoms with E-state index in [2.05, 4.69) is 113 Å². The topological polar surface area (TPSA) is 18.5 Å². The van der Waals surface area contributed by atoms with Crippen LogP contribution in [0, 0.1) is 27.7 Å². The van der Waals surface area contributed by atoms with E-state index in [1.807, 2.05) is 0 Å². The summed E-state index contributed by atoms with van der Waals surface area (Å²) in [4.78, 5) is 0. The van der Waals surface area contributed by atoms with E-state index in [4.69, 9.17) is 8.85 Å². The van der Waals surface area contributed by atoms with E-state index in [9.17, 15) is 0 Å². The second-order valence-electron chi connectivity index (χ2n) is 9.45. The predicted molar refractivity (Wildman–Crippen MR) is 147 cm³/mol. The van der Waals surface area contributed by atoms with E-state index in [-0.39, 0.29) is 5.41 Å². The Morgan fingerprint density at radius 2 is 0.971 bits per heavy atom. The maximum atomic E-state index is 6.55. The maximum absolute atomic E-state index is 6.55. The first kappa shape index (κ1) is 24.0.